The molecule has 3 rings (SSSR count). The van der Waals surface area contributed by atoms with Crippen molar-refractivity contribution in [2.24, 2.45) is 0 Å². The molecule has 104 valence electrons. The first-order chi connectivity index (χ1) is 11.3. The van der Waals surface area contributed by atoms with Crippen LogP contribution in [0.1, 0.15) is 6.92 Å². The summed E-state index contributed by atoms with van der Waals surface area (Å²) in [5.74, 6) is 0.343. The van der Waals surface area contributed by atoms with Gasteiger partial charge in [0.15, 0.2) is 6.71 Å². The molecular weight excluding hydrogens is 280 g/mol. The molecule has 24 heavy (non-hydrogen) atoms. The molecular formula is C12H16B10N2. The van der Waals surface area contributed by atoms with Crippen molar-refractivity contribution in [1.29, 1.82) is 0 Å². The van der Waals surface area contributed by atoms with Crippen molar-refractivity contribution in [3.05, 3.63) is 24.3 Å². The van der Waals surface area contributed by atoms with Gasteiger partial charge in [0, 0.05) is 71.4 Å². The van der Waals surface area contributed by atoms with Gasteiger partial charge in [0.1, 0.15) is 0 Å². The Balaban J connectivity index is 1.89. The summed E-state index contributed by atoms with van der Waals surface area (Å²) >= 11 is 0. The fourth-order valence-electron chi connectivity index (χ4n) is 4.49. The number of benzene rings is 1. The summed E-state index contributed by atoms with van der Waals surface area (Å²) in [6.07, 6.45) is -1.28. The van der Waals surface area contributed by atoms with Crippen LogP contribution in [-0.4, -0.2) is 90.2 Å². The lowest BCUT2D eigenvalue weighted by Gasteiger charge is -2.32. The Morgan fingerprint density at radius 1 is 1.00 bits per heavy atom. The van der Waals surface area contributed by atoms with Crippen molar-refractivity contribution in [3.63, 3.8) is 0 Å². The predicted octanol–water partition coefficient (Wildman–Crippen LogP) is -1.22. The fraction of sp³-hybridized carbons (Fsp3) is 0.500. The number of nitrogens with zero attached hydrogens (tertiary/aromatic N) is 2. The Hall–Kier alpha value is -0.531. The summed E-state index contributed by atoms with van der Waals surface area (Å²) in [6, 6.07) is 8.47. The molecule has 12 heteroatoms. The van der Waals surface area contributed by atoms with Crippen molar-refractivity contribution < 1.29 is 0 Å². The molecule has 1 aromatic carbocycles. The maximum atomic E-state index is 6.24. The lowest BCUT2D eigenvalue weighted by atomic mass is 8.62. The van der Waals surface area contributed by atoms with Gasteiger partial charge in [0.05, 0.1) is 17.5 Å². The summed E-state index contributed by atoms with van der Waals surface area (Å²) in [4.78, 5) is 4.76. The maximum Gasteiger partial charge on any atom is 0.159 e. The van der Waals surface area contributed by atoms with Gasteiger partial charge in [-0.2, -0.15) is 0 Å². The molecule has 2 aliphatic heterocycles. The van der Waals surface area contributed by atoms with Crippen LogP contribution in [0.4, 0.5) is 11.4 Å². The van der Waals surface area contributed by atoms with Gasteiger partial charge >= 0.3 is 0 Å². The molecule has 2 aliphatic rings. The van der Waals surface area contributed by atoms with E-state index in [-0.39, 0.29) is 18.4 Å². The van der Waals surface area contributed by atoms with E-state index < -0.39 is 19.2 Å². The largest absolute Gasteiger partial charge is 0.355 e. The molecule has 2 unspecified atom stereocenters. The normalized spacial score (nSPS) is 24.6. The molecule has 0 saturated carbocycles. The van der Waals surface area contributed by atoms with E-state index in [1.165, 1.54) is 11.4 Å². The van der Waals surface area contributed by atoms with Crippen LogP contribution in [0.15, 0.2) is 24.3 Å². The zero-order valence-corrected chi connectivity index (χ0v) is 14.7. The third-order valence-electron chi connectivity index (χ3n) is 6.00. The fourth-order valence-corrected chi connectivity index (χ4v) is 4.49. The van der Waals surface area contributed by atoms with Gasteiger partial charge in [-0.25, -0.2) is 0 Å². The minimum atomic E-state index is -0.621. The van der Waals surface area contributed by atoms with Gasteiger partial charge < -0.3 is 9.80 Å². The molecule has 0 aliphatic carbocycles. The van der Waals surface area contributed by atoms with Crippen LogP contribution in [0.3, 0.4) is 0 Å². The quantitative estimate of drug-likeness (QED) is 0.629. The minimum Gasteiger partial charge on any atom is -0.355 e. The van der Waals surface area contributed by atoms with Crippen molar-refractivity contribution in [2.45, 2.75) is 31.6 Å². The Bertz CT molecular complexity index is 601. The number of fused-ring (bicyclic) bond motifs is 1. The van der Waals surface area contributed by atoms with Crippen molar-refractivity contribution in [2.75, 3.05) is 16.8 Å². The average molecular weight is 296 g/mol. The first-order valence-electron chi connectivity index (χ1n) is 8.65. The number of hydrogen-bond acceptors (Lipinski definition) is 2. The summed E-state index contributed by atoms with van der Waals surface area (Å²) in [6.45, 7) is 4.79. The van der Waals surface area contributed by atoms with Gasteiger partial charge in [0.25, 0.3) is 0 Å². The number of rotatable bonds is 5. The summed E-state index contributed by atoms with van der Waals surface area (Å²) in [5.41, 5.74) is 2.79. The molecule has 0 spiro atoms. The second-order valence-corrected chi connectivity index (χ2v) is 7.38. The number of para-hydroxylation sites is 2. The Morgan fingerprint density at radius 2 is 1.58 bits per heavy atom. The topological polar surface area (TPSA) is 6.48 Å². The van der Waals surface area contributed by atoms with Crippen molar-refractivity contribution in [1.82, 2.24) is 0 Å². The summed E-state index contributed by atoms with van der Waals surface area (Å²) in [5, 5.41) is 0. The molecule has 0 bridgehead atoms. The monoisotopic (exact) mass is 298 g/mol. The molecule has 1 saturated heterocycles. The molecule has 1 fully saturated rings. The second kappa shape index (κ2) is 6.65. The molecule has 10 radical (unpaired) electrons. The summed E-state index contributed by atoms with van der Waals surface area (Å²) < 4.78 is 0. The molecule has 1 aromatic rings. The minimum absolute atomic E-state index is 0.102. The van der Waals surface area contributed by atoms with E-state index in [1.54, 1.807) is 0 Å². The average Bonchev–Trinajstić information content (AvgIpc) is 3.09. The lowest BCUT2D eigenvalue weighted by molar-refractivity contribution is 0.665. The highest BCUT2D eigenvalue weighted by atomic mass is 15.4. The maximum absolute atomic E-state index is 6.24. The second-order valence-electron chi connectivity index (χ2n) is 7.38. The van der Waals surface area contributed by atoms with E-state index >= 15 is 0 Å². The van der Waals surface area contributed by atoms with E-state index in [4.69, 9.17) is 38.7 Å². The molecule has 0 amide bonds. The zero-order chi connectivity index (χ0) is 17.8. The van der Waals surface area contributed by atoms with Crippen LogP contribution in [-0.2, 0) is 0 Å². The van der Waals surface area contributed by atoms with Gasteiger partial charge in [-0.1, -0.05) is 24.7 Å². The van der Waals surface area contributed by atoms with Gasteiger partial charge in [-0.3, -0.25) is 0 Å². The van der Waals surface area contributed by atoms with E-state index in [9.17, 15) is 0 Å². The van der Waals surface area contributed by atoms with E-state index in [1.807, 2.05) is 0 Å². The highest BCUT2D eigenvalue weighted by Crippen LogP contribution is 2.51. The Morgan fingerprint density at radius 3 is 2.12 bits per heavy atom. The van der Waals surface area contributed by atoms with Crippen LogP contribution in [0, 0.1) is 0 Å². The van der Waals surface area contributed by atoms with Crippen LogP contribution in [0.5, 0.6) is 0 Å². The van der Waals surface area contributed by atoms with Crippen molar-refractivity contribution >= 4 is 82.4 Å². The summed E-state index contributed by atoms with van der Waals surface area (Å²) in [7, 11) is 32.1. The van der Waals surface area contributed by atoms with Crippen LogP contribution < -0.4 is 9.80 Å². The smallest absolute Gasteiger partial charge is 0.159 e. The highest BCUT2D eigenvalue weighted by molar-refractivity contribution is 7.92. The van der Waals surface area contributed by atoms with Gasteiger partial charge in [-0.15, -0.1) is 0 Å². The molecule has 2 nitrogen and oxygen atoms in total. The number of hydrogen-bond donors (Lipinski definition) is 0. The third kappa shape index (κ3) is 2.82. The molecule has 0 N–H and O–H groups in total. The zero-order valence-electron chi connectivity index (χ0n) is 14.7. The first-order valence-corrected chi connectivity index (χ1v) is 8.65. The van der Waals surface area contributed by atoms with Crippen molar-refractivity contribution in [3.8, 4) is 0 Å². The van der Waals surface area contributed by atoms with Gasteiger partial charge in [0.2, 0.25) is 0 Å². The Kier molecular flexibility index (Phi) is 5.06. The van der Waals surface area contributed by atoms with E-state index in [0.29, 0.717) is 12.7 Å². The standard InChI is InChI=1S/C12H16B10N2/c1-8-23(3)9-6-4-5-7-10(9)24(8)12-11(18(12)2)19(20(13)14)22(17)21(15)16/h4-8,11-12H,1-3H3/t8-,11?,12?/m0/s1. The van der Waals surface area contributed by atoms with Crippen LogP contribution in [0.25, 0.3) is 0 Å². The molecule has 0 aromatic heterocycles. The van der Waals surface area contributed by atoms with E-state index in [2.05, 4.69) is 54.9 Å². The molecule has 2 heterocycles. The van der Waals surface area contributed by atoms with Crippen LogP contribution >= 0.6 is 0 Å². The van der Waals surface area contributed by atoms with E-state index in [0.717, 1.165) is 0 Å². The Labute approximate surface area is 155 Å². The SMILES string of the molecule is [B]B([B])B([B])B(B([B])[B])C1B(C)C1N1c2ccccc2N(C)[C@@H]1C. The lowest BCUT2D eigenvalue weighted by Crippen LogP contribution is -2.60. The third-order valence-corrected chi connectivity index (χ3v) is 6.00. The first kappa shape index (κ1) is 18.3. The molecule has 3 atom stereocenters. The van der Waals surface area contributed by atoms with Gasteiger partial charge in [-0.05, 0) is 25.0 Å². The number of anilines is 2. The highest BCUT2D eigenvalue weighted by Gasteiger charge is 2.60. The van der Waals surface area contributed by atoms with Crippen LogP contribution in [0.2, 0.25) is 12.5 Å². The predicted molar refractivity (Wildman–Crippen MR) is 118 cm³/mol.